The highest BCUT2D eigenvalue weighted by atomic mass is 35.5. The number of Topliss-reactive ketones (excluding diaryl/α,β-unsaturated/α-hetero) is 1. The van der Waals surface area contributed by atoms with Crippen molar-refractivity contribution in [3.63, 3.8) is 0 Å². The van der Waals surface area contributed by atoms with Gasteiger partial charge in [-0.15, -0.1) is 0 Å². The van der Waals surface area contributed by atoms with Crippen LogP contribution in [-0.2, 0) is 6.42 Å². The van der Waals surface area contributed by atoms with Gasteiger partial charge in [0.15, 0.2) is 5.78 Å². The normalized spacial score (nSPS) is 13.4. The van der Waals surface area contributed by atoms with Crippen LogP contribution in [0.25, 0.3) is 11.1 Å². The predicted molar refractivity (Wildman–Crippen MR) is 81.1 cm³/mol. The molecular weight excluding hydrogens is 295 g/mol. The standard InChI is InChI=1S/C16H12Cl2O2/c1-20-16-8-13(17)12(7-14(16)18)10-2-4-11-9(6-10)3-5-15(11)19/h2,4,6-8H,3,5H2,1H3. The first-order chi connectivity index (χ1) is 9.60. The molecule has 1 aliphatic carbocycles. The minimum absolute atomic E-state index is 0.213. The fourth-order valence-electron chi connectivity index (χ4n) is 2.53. The quantitative estimate of drug-likeness (QED) is 0.796. The second kappa shape index (κ2) is 5.12. The zero-order valence-corrected chi connectivity index (χ0v) is 12.4. The van der Waals surface area contributed by atoms with Gasteiger partial charge in [-0.3, -0.25) is 4.79 Å². The molecule has 0 N–H and O–H groups in total. The van der Waals surface area contributed by atoms with E-state index in [1.54, 1.807) is 19.2 Å². The minimum Gasteiger partial charge on any atom is -0.495 e. The summed E-state index contributed by atoms with van der Waals surface area (Å²) in [5, 5.41) is 1.10. The van der Waals surface area contributed by atoms with Crippen molar-refractivity contribution in [3.05, 3.63) is 51.5 Å². The first kappa shape index (κ1) is 13.5. The molecule has 3 rings (SSSR count). The van der Waals surface area contributed by atoms with Crippen molar-refractivity contribution in [1.29, 1.82) is 0 Å². The number of ketones is 1. The molecular formula is C16H12Cl2O2. The number of hydrogen-bond acceptors (Lipinski definition) is 2. The van der Waals surface area contributed by atoms with Crippen LogP contribution in [0.1, 0.15) is 22.3 Å². The van der Waals surface area contributed by atoms with Crippen molar-refractivity contribution in [2.24, 2.45) is 0 Å². The van der Waals surface area contributed by atoms with E-state index in [0.717, 1.165) is 28.7 Å². The number of benzene rings is 2. The van der Waals surface area contributed by atoms with E-state index in [4.69, 9.17) is 27.9 Å². The zero-order valence-electron chi connectivity index (χ0n) is 10.9. The lowest BCUT2D eigenvalue weighted by atomic mass is 10.0. The largest absolute Gasteiger partial charge is 0.495 e. The molecule has 0 atom stereocenters. The lowest BCUT2D eigenvalue weighted by Gasteiger charge is -2.10. The van der Waals surface area contributed by atoms with Gasteiger partial charge >= 0.3 is 0 Å². The van der Waals surface area contributed by atoms with Crippen molar-refractivity contribution in [2.75, 3.05) is 7.11 Å². The molecule has 0 unspecified atom stereocenters. The molecule has 0 heterocycles. The van der Waals surface area contributed by atoms with Gasteiger partial charge in [-0.25, -0.2) is 0 Å². The number of methoxy groups -OCH3 is 1. The maximum absolute atomic E-state index is 11.7. The molecule has 0 amide bonds. The highest BCUT2D eigenvalue weighted by Crippen LogP contribution is 2.38. The Balaban J connectivity index is 2.10. The van der Waals surface area contributed by atoms with Crippen molar-refractivity contribution in [3.8, 4) is 16.9 Å². The molecule has 1 aliphatic rings. The van der Waals surface area contributed by atoms with Gasteiger partial charge in [-0.2, -0.15) is 0 Å². The van der Waals surface area contributed by atoms with E-state index in [-0.39, 0.29) is 5.78 Å². The Morgan fingerprint density at radius 2 is 1.80 bits per heavy atom. The first-order valence-corrected chi connectivity index (χ1v) is 7.05. The SMILES string of the molecule is COc1cc(Cl)c(-c2ccc3c(c2)CCC3=O)cc1Cl. The number of fused-ring (bicyclic) bond motifs is 1. The fraction of sp³-hybridized carbons (Fsp3) is 0.188. The Labute approximate surface area is 127 Å². The summed E-state index contributed by atoms with van der Waals surface area (Å²) < 4.78 is 5.14. The molecule has 4 heteroatoms. The van der Waals surface area contributed by atoms with Gasteiger partial charge in [0.1, 0.15) is 5.75 Å². The van der Waals surface area contributed by atoms with E-state index in [2.05, 4.69) is 0 Å². The summed E-state index contributed by atoms with van der Waals surface area (Å²) in [6, 6.07) is 9.30. The third-order valence-corrected chi connectivity index (χ3v) is 4.19. The number of carbonyl (C=O) groups is 1. The van der Waals surface area contributed by atoms with Crippen LogP contribution in [0.4, 0.5) is 0 Å². The lowest BCUT2D eigenvalue weighted by molar-refractivity contribution is 0.0994. The van der Waals surface area contributed by atoms with Gasteiger partial charge in [-0.05, 0) is 23.6 Å². The van der Waals surface area contributed by atoms with Crippen LogP contribution in [0.15, 0.2) is 30.3 Å². The summed E-state index contributed by atoms with van der Waals surface area (Å²) in [7, 11) is 1.55. The molecule has 2 aromatic rings. The van der Waals surface area contributed by atoms with E-state index in [9.17, 15) is 4.79 Å². The maximum Gasteiger partial charge on any atom is 0.163 e. The van der Waals surface area contributed by atoms with E-state index in [1.807, 2.05) is 18.2 Å². The average molecular weight is 307 g/mol. The summed E-state index contributed by atoms with van der Waals surface area (Å²) in [5.74, 6) is 0.766. The molecule has 0 saturated heterocycles. The molecule has 0 bridgehead atoms. The number of carbonyl (C=O) groups excluding carboxylic acids is 1. The van der Waals surface area contributed by atoms with Crippen molar-refractivity contribution in [1.82, 2.24) is 0 Å². The summed E-state index contributed by atoms with van der Waals surface area (Å²) >= 11 is 12.4. The van der Waals surface area contributed by atoms with Gasteiger partial charge in [-0.1, -0.05) is 41.4 Å². The molecule has 0 spiro atoms. The third kappa shape index (κ3) is 2.19. The smallest absolute Gasteiger partial charge is 0.163 e. The minimum atomic E-state index is 0.213. The van der Waals surface area contributed by atoms with E-state index in [0.29, 0.717) is 22.2 Å². The number of hydrogen-bond donors (Lipinski definition) is 0. The Morgan fingerprint density at radius 1 is 1.00 bits per heavy atom. The maximum atomic E-state index is 11.7. The molecule has 0 fully saturated rings. The number of rotatable bonds is 2. The first-order valence-electron chi connectivity index (χ1n) is 6.29. The molecule has 0 saturated carbocycles. The Hall–Kier alpha value is -1.51. The second-order valence-electron chi connectivity index (χ2n) is 4.76. The van der Waals surface area contributed by atoms with Crippen LogP contribution in [-0.4, -0.2) is 12.9 Å². The number of aryl methyl sites for hydroxylation is 1. The summed E-state index contributed by atoms with van der Waals surface area (Å²) in [6.07, 6.45) is 1.39. The van der Waals surface area contributed by atoms with Crippen LogP contribution in [0.3, 0.4) is 0 Å². The van der Waals surface area contributed by atoms with Crippen LogP contribution >= 0.6 is 23.2 Å². The van der Waals surface area contributed by atoms with Gasteiger partial charge in [0.05, 0.1) is 17.2 Å². The average Bonchev–Trinajstić information content (AvgIpc) is 2.82. The summed E-state index contributed by atoms with van der Waals surface area (Å²) in [6.45, 7) is 0. The van der Waals surface area contributed by atoms with E-state index >= 15 is 0 Å². The predicted octanol–water partition coefficient (Wildman–Crippen LogP) is 4.80. The molecule has 2 aromatic carbocycles. The van der Waals surface area contributed by atoms with Gasteiger partial charge in [0, 0.05) is 23.6 Å². The Kier molecular flexibility index (Phi) is 3.45. The van der Waals surface area contributed by atoms with Crippen LogP contribution in [0, 0.1) is 0 Å². The number of ether oxygens (including phenoxy) is 1. The van der Waals surface area contributed by atoms with Gasteiger partial charge in [0.2, 0.25) is 0 Å². The molecule has 20 heavy (non-hydrogen) atoms. The monoisotopic (exact) mass is 306 g/mol. The van der Waals surface area contributed by atoms with Crippen LogP contribution < -0.4 is 4.74 Å². The Bertz CT molecular complexity index is 708. The number of halogens is 2. The van der Waals surface area contributed by atoms with Gasteiger partial charge < -0.3 is 4.74 Å². The summed E-state index contributed by atoms with van der Waals surface area (Å²) in [5.41, 5.74) is 3.72. The van der Waals surface area contributed by atoms with E-state index in [1.165, 1.54) is 0 Å². The highest BCUT2D eigenvalue weighted by Gasteiger charge is 2.20. The molecule has 2 nitrogen and oxygen atoms in total. The lowest BCUT2D eigenvalue weighted by Crippen LogP contribution is -1.92. The Morgan fingerprint density at radius 3 is 2.55 bits per heavy atom. The topological polar surface area (TPSA) is 26.3 Å². The van der Waals surface area contributed by atoms with Crippen molar-refractivity contribution in [2.45, 2.75) is 12.8 Å². The third-order valence-electron chi connectivity index (χ3n) is 3.58. The molecule has 0 aliphatic heterocycles. The van der Waals surface area contributed by atoms with Crippen LogP contribution in [0.2, 0.25) is 10.0 Å². The second-order valence-corrected chi connectivity index (χ2v) is 5.58. The van der Waals surface area contributed by atoms with Crippen LogP contribution in [0.5, 0.6) is 5.75 Å². The molecule has 102 valence electrons. The van der Waals surface area contributed by atoms with Gasteiger partial charge in [0.25, 0.3) is 0 Å². The fourth-order valence-corrected chi connectivity index (χ4v) is 3.03. The van der Waals surface area contributed by atoms with E-state index < -0.39 is 0 Å². The molecule has 0 aromatic heterocycles. The zero-order chi connectivity index (χ0) is 14.3. The molecule has 0 radical (unpaired) electrons. The highest BCUT2D eigenvalue weighted by molar-refractivity contribution is 6.36. The summed E-state index contributed by atoms with van der Waals surface area (Å²) in [4.78, 5) is 11.7. The van der Waals surface area contributed by atoms with Crippen molar-refractivity contribution >= 4 is 29.0 Å². The van der Waals surface area contributed by atoms with Crippen molar-refractivity contribution < 1.29 is 9.53 Å².